The van der Waals surface area contributed by atoms with Crippen LogP contribution >= 0.6 is 0 Å². The number of hydrogen-bond acceptors (Lipinski definition) is 0. The van der Waals surface area contributed by atoms with Gasteiger partial charge in [-0.05, 0) is 197 Å². The van der Waals surface area contributed by atoms with Gasteiger partial charge < -0.3 is 0 Å². The minimum atomic E-state index is -0.578. The van der Waals surface area contributed by atoms with Crippen LogP contribution in [0.25, 0.3) is 77.9 Å². The molecular weight excluding hydrogens is 973 g/mol. The van der Waals surface area contributed by atoms with Gasteiger partial charge in [-0.3, -0.25) is 0 Å². The molecule has 0 unspecified atom stereocenters. The van der Waals surface area contributed by atoms with Gasteiger partial charge >= 0.3 is 0 Å². The SMILES string of the molecule is CCCCC1(c2cc(-c3cccc(-c4ccccc4)c3)cc(-c3cccc(C4(c5cccc(-c6cc(-c7cccc(-c8ccccc8)c7)cc(C7(CCCC)CCCCC7)c6)c5)c5ccccc5-c5ccccc54)c3)c2)CCCCC1. The van der Waals surface area contributed by atoms with Crippen molar-refractivity contribution in [1.29, 1.82) is 0 Å². The van der Waals surface area contributed by atoms with Gasteiger partial charge in [0.1, 0.15) is 0 Å². The predicted molar refractivity (Wildman–Crippen MR) is 345 cm³/mol. The molecule has 2 saturated carbocycles. The van der Waals surface area contributed by atoms with Crippen LogP contribution in [0.1, 0.15) is 150 Å². The lowest BCUT2D eigenvalue weighted by molar-refractivity contribution is 0.267. The number of hydrogen-bond donors (Lipinski definition) is 0. The van der Waals surface area contributed by atoms with Crippen molar-refractivity contribution in [3.63, 3.8) is 0 Å². The van der Waals surface area contributed by atoms with Gasteiger partial charge in [0, 0.05) is 0 Å². The highest BCUT2D eigenvalue weighted by atomic mass is 14.5. The largest absolute Gasteiger partial charge is 0.0713 e. The van der Waals surface area contributed by atoms with Gasteiger partial charge in [0.05, 0.1) is 5.41 Å². The summed E-state index contributed by atoms with van der Waals surface area (Å²) in [5.74, 6) is 0. The van der Waals surface area contributed by atoms with Crippen LogP contribution in [0.4, 0.5) is 0 Å². The Balaban J connectivity index is 1.00. The second-order valence-electron chi connectivity index (χ2n) is 24.4. The molecule has 0 amide bonds. The maximum Gasteiger partial charge on any atom is 0.0713 e. The Morgan fingerprint density at radius 1 is 0.259 bits per heavy atom. The van der Waals surface area contributed by atoms with E-state index in [1.165, 1.54) is 214 Å². The molecule has 0 N–H and O–H groups in total. The van der Waals surface area contributed by atoms with Gasteiger partial charge in [-0.15, -0.1) is 0 Å². The Kier molecular flexibility index (Phi) is 14.9. The van der Waals surface area contributed by atoms with Crippen LogP contribution in [0, 0.1) is 0 Å². The number of fused-ring (bicyclic) bond motifs is 3. The maximum absolute atomic E-state index is 2.62. The second-order valence-corrected chi connectivity index (χ2v) is 24.4. The van der Waals surface area contributed by atoms with Gasteiger partial charge in [0.25, 0.3) is 0 Å². The van der Waals surface area contributed by atoms with E-state index in [1.54, 1.807) is 0 Å². The van der Waals surface area contributed by atoms with Crippen LogP contribution in [-0.2, 0) is 16.2 Å². The Labute approximate surface area is 484 Å². The van der Waals surface area contributed by atoms with Crippen molar-refractivity contribution in [2.45, 2.75) is 133 Å². The minimum absolute atomic E-state index is 0.174. The third-order valence-electron chi connectivity index (χ3n) is 19.5. The Hall–Kier alpha value is -7.80. The topological polar surface area (TPSA) is 0 Å². The number of rotatable bonds is 16. The van der Waals surface area contributed by atoms with E-state index in [-0.39, 0.29) is 10.8 Å². The maximum atomic E-state index is 2.62. The minimum Gasteiger partial charge on any atom is -0.0654 e. The molecule has 13 rings (SSSR count). The summed E-state index contributed by atoms with van der Waals surface area (Å²) in [6.45, 7) is 4.73. The smallest absolute Gasteiger partial charge is 0.0654 e. The highest BCUT2D eigenvalue weighted by Gasteiger charge is 2.46. The molecule has 0 nitrogen and oxygen atoms in total. The molecule has 2 fully saturated rings. The fourth-order valence-corrected chi connectivity index (χ4v) is 15.3. The van der Waals surface area contributed by atoms with E-state index >= 15 is 0 Å². The van der Waals surface area contributed by atoms with Crippen molar-refractivity contribution < 1.29 is 0 Å². The van der Waals surface area contributed by atoms with Crippen molar-refractivity contribution in [3.8, 4) is 77.9 Å². The molecule has 0 radical (unpaired) electrons. The highest BCUT2D eigenvalue weighted by molar-refractivity contribution is 5.88. The Morgan fingerprint density at radius 2 is 0.556 bits per heavy atom. The van der Waals surface area contributed by atoms with Crippen LogP contribution in [-0.4, -0.2) is 0 Å². The zero-order valence-electron chi connectivity index (χ0n) is 47.9. The monoisotopic (exact) mass is 1050 g/mol. The third-order valence-corrected chi connectivity index (χ3v) is 19.5. The number of unbranched alkanes of at least 4 members (excludes halogenated alkanes) is 2. The lowest BCUT2D eigenvalue weighted by Crippen LogP contribution is -2.29. The molecule has 0 heteroatoms. The summed E-state index contributed by atoms with van der Waals surface area (Å²) in [5.41, 5.74) is 26.1. The molecule has 10 aromatic carbocycles. The third kappa shape index (κ3) is 10.0. The first-order valence-electron chi connectivity index (χ1n) is 31.0. The second kappa shape index (κ2) is 23.0. The fourth-order valence-electron chi connectivity index (χ4n) is 15.3. The van der Waals surface area contributed by atoms with E-state index in [2.05, 4.69) is 257 Å². The van der Waals surface area contributed by atoms with E-state index < -0.39 is 5.41 Å². The number of benzene rings is 10. The average Bonchev–Trinajstić information content (AvgIpc) is 4.11. The zero-order chi connectivity index (χ0) is 54.6. The van der Waals surface area contributed by atoms with Crippen molar-refractivity contribution in [2.24, 2.45) is 0 Å². The fraction of sp³-hybridized carbons (Fsp3) is 0.259. The van der Waals surface area contributed by atoms with E-state index in [9.17, 15) is 0 Å². The van der Waals surface area contributed by atoms with Crippen molar-refractivity contribution in [3.05, 3.63) is 276 Å². The highest BCUT2D eigenvalue weighted by Crippen LogP contribution is 2.57. The molecule has 10 aromatic rings. The molecule has 0 aliphatic heterocycles. The molecule has 0 spiro atoms. The average molecular weight is 1050 g/mol. The molecule has 3 aliphatic carbocycles. The normalized spacial score (nSPS) is 15.9. The summed E-state index contributed by atoms with van der Waals surface area (Å²) in [4.78, 5) is 0. The van der Waals surface area contributed by atoms with Gasteiger partial charge in [0.15, 0.2) is 0 Å². The van der Waals surface area contributed by atoms with Crippen LogP contribution in [0.15, 0.2) is 243 Å². The van der Waals surface area contributed by atoms with Crippen molar-refractivity contribution in [2.75, 3.05) is 0 Å². The predicted octanol–water partition coefficient (Wildman–Crippen LogP) is 22.8. The summed E-state index contributed by atoms with van der Waals surface area (Å²) >= 11 is 0. The van der Waals surface area contributed by atoms with Crippen LogP contribution in [0.5, 0.6) is 0 Å². The van der Waals surface area contributed by atoms with E-state index in [0.717, 1.165) is 0 Å². The van der Waals surface area contributed by atoms with E-state index in [0.29, 0.717) is 0 Å². The van der Waals surface area contributed by atoms with Gasteiger partial charge in [-0.25, -0.2) is 0 Å². The molecule has 3 aliphatic rings. The summed E-state index contributed by atoms with van der Waals surface area (Å²) in [5, 5.41) is 0. The quantitative estimate of drug-likeness (QED) is 0.0905. The van der Waals surface area contributed by atoms with Crippen LogP contribution in [0.2, 0.25) is 0 Å². The first-order chi connectivity index (χ1) is 40.0. The van der Waals surface area contributed by atoms with Crippen molar-refractivity contribution >= 4 is 0 Å². The summed E-state index contributed by atoms with van der Waals surface area (Å²) in [7, 11) is 0. The molecule has 402 valence electrons. The molecule has 0 heterocycles. The summed E-state index contributed by atoms with van der Waals surface area (Å²) in [6.07, 6.45) is 20.4. The Bertz CT molecular complexity index is 3550. The van der Waals surface area contributed by atoms with Gasteiger partial charge in [0.2, 0.25) is 0 Å². The molecule has 0 aromatic heterocycles. The van der Waals surface area contributed by atoms with Gasteiger partial charge in [-0.1, -0.05) is 284 Å². The first-order valence-corrected chi connectivity index (χ1v) is 31.0. The summed E-state index contributed by atoms with van der Waals surface area (Å²) in [6, 6.07) is 93.9. The molecule has 0 atom stereocenters. The van der Waals surface area contributed by atoms with E-state index in [1.807, 2.05) is 0 Å². The molecule has 81 heavy (non-hydrogen) atoms. The standard InChI is InChI=1S/C81H78/c1-3-5-43-79(45-19-9-20-46-79)73-55-67(63-33-23-31-61(49-63)59-27-11-7-12-28-59)51-69(57-73)65-35-25-37-71(53-65)81(77-41-17-15-39-75(77)76-40-16-18-42-78(76)81)72-38-26-36-66(54-72)70-52-68(64-34-24-32-62(50-64)60-29-13-8-14-30-60)56-74(58-70)80(44-6-4-2)47-21-10-22-48-80/h7-8,11-18,23-42,49-58H,3-6,9-10,19-22,43-48H2,1-2H3. The van der Waals surface area contributed by atoms with Crippen molar-refractivity contribution in [1.82, 2.24) is 0 Å². The lowest BCUT2D eigenvalue weighted by atomic mass is 9.65. The molecule has 0 bridgehead atoms. The molecular formula is C81H78. The lowest BCUT2D eigenvalue weighted by Gasteiger charge is -2.39. The van der Waals surface area contributed by atoms with Crippen LogP contribution in [0.3, 0.4) is 0 Å². The Morgan fingerprint density at radius 3 is 0.938 bits per heavy atom. The van der Waals surface area contributed by atoms with Crippen LogP contribution < -0.4 is 0 Å². The van der Waals surface area contributed by atoms with Gasteiger partial charge in [-0.2, -0.15) is 0 Å². The summed E-state index contributed by atoms with van der Waals surface area (Å²) < 4.78 is 0. The molecule has 0 saturated heterocycles. The first kappa shape index (κ1) is 52.6. The zero-order valence-corrected chi connectivity index (χ0v) is 47.9. The van der Waals surface area contributed by atoms with E-state index in [4.69, 9.17) is 0 Å².